The third-order valence-corrected chi connectivity index (χ3v) is 4.09. The minimum atomic E-state index is -0.760. The number of nitrogens with zero attached hydrogens (tertiary/aromatic N) is 1. The van der Waals surface area contributed by atoms with Crippen molar-refractivity contribution in [3.8, 4) is 0 Å². The van der Waals surface area contributed by atoms with E-state index < -0.39 is 6.09 Å². The standard InChI is InChI=1S/C12H22N2O2/c1-11(2,3)9-12(4-6-13-8-12)5-7-14(9)10(15)16/h9,13H,4-8H2,1-3H3,(H,15,16). The number of amides is 1. The van der Waals surface area contributed by atoms with Crippen molar-refractivity contribution in [1.82, 2.24) is 10.2 Å². The van der Waals surface area contributed by atoms with E-state index in [0.717, 1.165) is 25.9 Å². The maximum atomic E-state index is 11.3. The molecule has 2 aliphatic rings. The van der Waals surface area contributed by atoms with Crippen LogP contribution in [-0.2, 0) is 0 Å². The summed E-state index contributed by atoms with van der Waals surface area (Å²) in [4.78, 5) is 13.0. The molecule has 2 aliphatic heterocycles. The van der Waals surface area contributed by atoms with E-state index in [1.54, 1.807) is 4.90 Å². The molecule has 0 aliphatic carbocycles. The van der Waals surface area contributed by atoms with Crippen molar-refractivity contribution in [1.29, 1.82) is 0 Å². The third-order valence-electron chi connectivity index (χ3n) is 4.09. The number of carboxylic acid groups (broad SMARTS) is 1. The Balaban J connectivity index is 2.32. The summed E-state index contributed by atoms with van der Waals surface area (Å²) in [6, 6.07) is 0.146. The first-order valence-corrected chi connectivity index (χ1v) is 6.07. The fourth-order valence-electron chi connectivity index (χ4n) is 3.74. The Morgan fingerprint density at radius 3 is 2.56 bits per heavy atom. The van der Waals surface area contributed by atoms with Crippen molar-refractivity contribution in [2.75, 3.05) is 19.6 Å². The fraction of sp³-hybridized carbons (Fsp3) is 0.917. The van der Waals surface area contributed by atoms with Gasteiger partial charge in [0.2, 0.25) is 0 Å². The molecule has 16 heavy (non-hydrogen) atoms. The predicted molar refractivity (Wildman–Crippen MR) is 62.5 cm³/mol. The Morgan fingerprint density at radius 1 is 1.44 bits per heavy atom. The molecule has 2 rings (SSSR count). The average Bonchev–Trinajstić information content (AvgIpc) is 2.73. The molecule has 2 unspecified atom stereocenters. The molecule has 0 bridgehead atoms. The molecule has 0 saturated carbocycles. The average molecular weight is 226 g/mol. The number of carbonyl (C=O) groups is 1. The van der Waals surface area contributed by atoms with E-state index in [9.17, 15) is 9.90 Å². The van der Waals surface area contributed by atoms with E-state index in [4.69, 9.17) is 0 Å². The van der Waals surface area contributed by atoms with Gasteiger partial charge in [0.05, 0.1) is 0 Å². The number of rotatable bonds is 0. The van der Waals surface area contributed by atoms with Gasteiger partial charge in [0, 0.05) is 24.5 Å². The van der Waals surface area contributed by atoms with Crippen LogP contribution in [0.3, 0.4) is 0 Å². The normalized spacial score (nSPS) is 34.9. The lowest BCUT2D eigenvalue weighted by Crippen LogP contribution is -2.51. The highest BCUT2D eigenvalue weighted by atomic mass is 16.4. The number of hydrogen-bond acceptors (Lipinski definition) is 2. The highest BCUT2D eigenvalue weighted by Gasteiger charge is 2.54. The summed E-state index contributed by atoms with van der Waals surface area (Å²) < 4.78 is 0. The van der Waals surface area contributed by atoms with E-state index in [1.165, 1.54) is 0 Å². The van der Waals surface area contributed by atoms with E-state index in [1.807, 2.05) is 0 Å². The van der Waals surface area contributed by atoms with Crippen molar-refractivity contribution >= 4 is 6.09 Å². The first kappa shape index (κ1) is 11.7. The van der Waals surface area contributed by atoms with Crippen LogP contribution in [0.4, 0.5) is 4.79 Å². The van der Waals surface area contributed by atoms with Gasteiger partial charge in [-0.1, -0.05) is 20.8 Å². The summed E-state index contributed by atoms with van der Waals surface area (Å²) in [5.74, 6) is 0. The molecule has 2 fully saturated rings. The lowest BCUT2D eigenvalue weighted by molar-refractivity contribution is 0.0608. The SMILES string of the molecule is CC(C)(C)C1N(C(=O)O)CCC12CCNC2. The lowest BCUT2D eigenvalue weighted by atomic mass is 9.69. The summed E-state index contributed by atoms with van der Waals surface area (Å²) in [5.41, 5.74) is 0.192. The van der Waals surface area contributed by atoms with Gasteiger partial charge in [-0.3, -0.25) is 0 Å². The molecule has 0 aromatic carbocycles. The monoisotopic (exact) mass is 226 g/mol. The second kappa shape index (κ2) is 3.62. The van der Waals surface area contributed by atoms with Crippen LogP contribution < -0.4 is 5.32 Å². The summed E-state index contributed by atoms with van der Waals surface area (Å²) >= 11 is 0. The van der Waals surface area contributed by atoms with Gasteiger partial charge in [-0.15, -0.1) is 0 Å². The van der Waals surface area contributed by atoms with Crippen LogP contribution in [0, 0.1) is 10.8 Å². The number of hydrogen-bond donors (Lipinski definition) is 2. The quantitative estimate of drug-likeness (QED) is 0.662. The fourth-order valence-corrected chi connectivity index (χ4v) is 3.74. The molecule has 2 atom stereocenters. The molecule has 0 radical (unpaired) electrons. The van der Waals surface area contributed by atoms with Crippen LogP contribution >= 0.6 is 0 Å². The smallest absolute Gasteiger partial charge is 0.407 e. The zero-order chi connectivity index (χ0) is 12.0. The van der Waals surface area contributed by atoms with Gasteiger partial charge < -0.3 is 15.3 Å². The van der Waals surface area contributed by atoms with Crippen LogP contribution in [0.1, 0.15) is 33.6 Å². The summed E-state index contributed by atoms with van der Waals surface area (Å²) in [7, 11) is 0. The van der Waals surface area contributed by atoms with E-state index in [2.05, 4.69) is 26.1 Å². The largest absolute Gasteiger partial charge is 0.465 e. The summed E-state index contributed by atoms with van der Waals surface area (Å²) in [6.45, 7) is 9.15. The van der Waals surface area contributed by atoms with Crippen LogP contribution in [0.15, 0.2) is 0 Å². The van der Waals surface area contributed by atoms with E-state index in [-0.39, 0.29) is 16.9 Å². The predicted octanol–water partition coefficient (Wildman–Crippen LogP) is 1.76. The van der Waals surface area contributed by atoms with E-state index >= 15 is 0 Å². The molecule has 2 saturated heterocycles. The van der Waals surface area contributed by atoms with Crippen LogP contribution in [-0.4, -0.2) is 41.8 Å². The molecule has 0 aromatic rings. The third kappa shape index (κ3) is 1.69. The molecule has 0 aromatic heterocycles. The Bertz CT molecular complexity index is 290. The minimum Gasteiger partial charge on any atom is -0.465 e. The Kier molecular flexibility index (Phi) is 2.65. The highest BCUT2D eigenvalue weighted by Crippen LogP contribution is 2.48. The molecule has 92 valence electrons. The molecular formula is C12H22N2O2. The van der Waals surface area contributed by atoms with Gasteiger partial charge in [0.1, 0.15) is 0 Å². The molecule has 1 spiro atoms. The van der Waals surface area contributed by atoms with Crippen LogP contribution in [0.25, 0.3) is 0 Å². The van der Waals surface area contributed by atoms with Gasteiger partial charge in [0.25, 0.3) is 0 Å². The molecule has 4 nitrogen and oxygen atoms in total. The van der Waals surface area contributed by atoms with E-state index in [0.29, 0.717) is 6.54 Å². The highest BCUT2D eigenvalue weighted by molar-refractivity contribution is 5.66. The molecule has 4 heteroatoms. The first-order valence-electron chi connectivity index (χ1n) is 6.07. The van der Waals surface area contributed by atoms with Crippen molar-refractivity contribution in [3.05, 3.63) is 0 Å². The van der Waals surface area contributed by atoms with Crippen molar-refractivity contribution < 1.29 is 9.90 Å². The summed E-state index contributed by atoms with van der Waals surface area (Å²) in [5, 5.41) is 12.7. The van der Waals surface area contributed by atoms with Gasteiger partial charge in [0.15, 0.2) is 0 Å². The van der Waals surface area contributed by atoms with Gasteiger partial charge in [-0.25, -0.2) is 4.79 Å². The summed E-state index contributed by atoms with van der Waals surface area (Å²) in [6.07, 6.45) is 1.36. The maximum absolute atomic E-state index is 11.3. The molecular weight excluding hydrogens is 204 g/mol. The van der Waals surface area contributed by atoms with Crippen molar-refractivity contribution in [2.45, 2.75) is 39.7 Å². The zero-order valence-corrected chi connectivity index (χ0v) is 10.4. The van der Waals surface area contributed by atoms with Gasteiger partial charge in [-0.05, 0) is 24.8 Å². The molecule has 1 amide bonds. The number of nitrogens with one attached hydrogen (secondary N) is 1. The van der Waals surface area contributed by atoms with Crippen molar-refractivity contribution in [2.24, 2.45) is 10.8 Å². The van der Waals surface area contributed by atoms with Crippen molar-refractivity contribution in [3.63, 3.8) is 0 Å². The minimum absolute atomic E-state index is 0.0148. The zero-order valence-electron chi connectivity index (χ0n) is 10.4. The first-order chi connectivity index (χ1) is 7.37. The molecule has 2 N–H and O–H groups in total. The second-order valence-electron chi connectivity index (χ2n) is 6.28. The van der Waals surface area contributed by atoms with Gasteiger partial charge in [-0.2, -0.15) is 0 Å². The Labute approximate surface area is 97.0 Å². The lowest BCUT2D eigenvalue weighted by Gasteiger charge is -2.42. The Hall–Kier alpha value is -0.770. The maximum Gasteiger partial charge on any atom is 0.407 e. The van der Waals surface area contributed by atoms with Gasteiger partial charge >= 0.3 is 6.09 Å². The Morgan fingerprint density at radius 2 is 2.12 bits per heavy atom. The van der Waals surface area contributed by atoms with Crippen LogP contribution in [0.5, 0.6) is 0 Å². The van der Waals surface area contributed by atoms with Crippen LogP contribution in [0.2, 0.25) is 0 Å². The molecule has 2 heterocycles. The topological polar surface area (TPSA) is 52.6 Å². The second-order valence-corrected chi connectivity index (χ2v) is 6.28. The number of likely N-dealkylation sites (tertiary alicyclic amines) is 1.